The number of carbonyl (C=O) groups excluding carboxylic acids is 1. The summed E-state index contributed by atoms with van der Waals surface area (Å²) in [5.74, 6) is -1.27. The van der Waals surface area contributed by atoms with Gasteiger partial charge in [0.1, 0.15) is 5.82 Å². The molecule has 0 spiro atoms. The van der Waals surface area contributed by atoms with E-state index in [-0.39, 0.29) is 12.2 Å². The number of fused-ring (bicyclic) bond motifs is 1. The Bertz CT molecular complexity index is 591. The number of nitrogens with one attached hydrogen (secondary N) is 1. The quantitative estimate of drug-likeness (QED) is 0.822. The van der Waals surface area contributed by atoms with Gasteiger partial charge in [0.05, 0.1) is 12.1 Å². The molecule has 1 atom stereocenters. The molecule has 0 aliphatic heterocycles. The van der Waals surface area contributed by atoms with Crippen LogP contribution in [0.1, 0.15) is 24.2 Å². The predicted molar refractivity (Wildman–Crippen MR) is 64.6 cm³/mol. The van der Waals surface area contributed by atoms with E-state index in [0.717, 1.165) is 11.6 Å². The van der Waals surface area contributed by atoms with Crippen molar-refractivity contribution in [3.63, 3.8) is 0 Å². The molecule has 2 rings (SSSR count). The number of H-pyrrole nitrogens is 1. The second-order valence-corrected chi connectivity index (χ2v) is 4.05. The van der Waals surface area contributed by atoms with E-state index < -0.39 is 17.9 Å². The van der Waals surface area contributed by atoms with E-state index in [2.05, 4.69) is 4.98 Å². The van der Waals surface area contributed by atoms with Crippen molar-refractivity contribution >= 4 is 16.9 Å². The van der Waals surface area contributed by atoms with E-state index in [1.54, 1.807) is 19.2 Å². The number of aryl methyl sites for hydroxylation is 1. The first-order chi connectivity index (χ1) is 8.54. The highest BCUT2D eigenvalue weighted by Gasteiger charge is 2.21. The number of ether oxygens (including phenoxy) is 1. The molecule has 1 aromatic carbocycles. The summed E-state index contributed by atoms with van der Waals surface area (Å²) in [5.41, 5.74) is 1.41. The normalized spacial score (nSPS) is 12.7. The van der Waals surface area contributed by atoms with Crippen LogP contribution in [0.2, 0.25) is 0 Å². The first-order valence-corrected chi connectivity index (χ1v) is 5.66. The molecule has 1 aromatic heterocycles. The van der Waals surface area contributed by atoms with E-state index >= 15 is 0 Å². The number of halogens is 1. The number of hydrogen-bond acceptors (Lipinski definition) is 3. The minimum atomic E-state index is -1.46. The number of carbonyl (C=O) groups is 1. The molecule has 1 heterocycles. The molecule has 4 nitrogen and oxygen atoms in total. The number of aromatic amines is 1. The molecule has 0 saturated heterocycles. The molecule has 0 radical (unpaired) electrons. The lowest BCUT2D eigenvalue weighted by Gasteiger charge is -2.10. The molecular weight excluding hydrogens is 237 g/mol. The van der Waals surface area contributed by atoms with Crippen LogP contribution < -0.4 is 0 Å². The van der Waals surface area contributed by atoms with Crippen LogP contribution in [0, 0.1) is 12.7 Å². The summed E-state index contributed by atoms with van der Waals surface area (Å²) < 4.78 is 18.5. The van der Waals surface area contributed by atoms with Gasteiger partial charge in [-0.1, -0.05) is 0 Å². The Labute approximate surface area is 103 Å². The fraction of sp³-hybridized carbons (Fsp3) is 0.308. The van der Waals surface area contributed by atoms with Gasteiger partial charge in [0.25, 0.3) is 0 Å². The third-order valence-corrected chi connectivity index (χ3v) is 2.80. The van der Waals surface area contributed by atoms with Gasteiger partial charge >= 0.3 is 5.97 Å². The molecule has 0 amide bonds. The number of benzene rings is 1. The summed E-state index contributed by atoms with van der Waals surface area (Å²) in [4.78, 5) is 14.2. The van der Waals surface area contributed by atoms with Crippen LogP contribution in [0.4, 0.5) is 4.39 Å². The van der Waals surface area contributed by atoms with Gasteiger partial charge in [-0.25, -0.2) is 9.18 Å². The molecule has 2 N–H and O–H groups in total. The van der Waals surface area contributed by atoms with Crippen LogP contribution in [0.5, 0.6) is 0 Å². The number of aromatic nitrogens is 1. The highest BCUT2D eigenvalue weighted by molar-refractivity contribution is 5.86. The van der Waals surface area contributed by atoms with Crippen molar-refractivity contribution in [2.75, 3.05) is 6.61 Å². The lowest BCUT2D eigenvalue weighted by atomic mass is 10.1. The topological polar surface area (TPSA) is 62.3 Å². The summed E-state index contributed by atoms with van der Waals surface area (Å²) in [7, 11) is 0. The second kappa shape index (κ2) is 4.78. The van der Waals surface area contributed by atoms with Crippen molar-refractivity contribution in [1.82, 2.24) is 4.98 Å². The first-order valence-electron chi connectivity index (χ1n) is 5.66. The maximum Gasteiger partial charge on any atom is 0.339 e. The molecular formula is C13H14FNO3. The van der Waals surface area contributed by atoms with E-state index in [1.165, 1.54) is 0 Å². The van der Waals surface area contributed by atoms with Gasteiger partial charge < -0.3 is 14.8 Å². The lowest BCUT2D eigenvalue weighted by Crippen LogP contribution is -2.15. The van der Waals surface area contributed by atoms with E-state index in [4.69, 9.17) is 4.74 Å². The van der Waals surface area contributed by atoms with Crippen LogP contribution in [0.25, 0.3) is 10.9 Å². The minimum absolute atomic E-state index is 0.170. The standard InChI is InChI=1S/C13H14FNO3/c1-3-18-13(17)12(16)8-4-9-7(2)6-15-11(9)10(14)5-8/h4-6,12,15-16H,3H2,1-2H3. The molecule has 0 fully saturated rings. The molecule has 18 heavy (non-hydrogen) atoms. The molecule has 96 valence electrons. The SMILES string of the molecule is CCOC(=O)C(O)c1cc(F)c2[nH]cc(C)c2c1. The van der Waals surface area contributed by atoms with Crippen LogP contribution >= 0.6 is 0 Å². The van der Waals surface area contributed by atoms with Gasteiger partial charge in [-0.3, -0.25) is 0 Å². The van der Waals surface area contributed by atoms with Crippen molar-refractivity contribution in [1.29, 1.82) is 0 Å². The molecule has 0 saturated carbocycles. The molecule has 0 aliphatic rings. The summed E-state index contributed by atoms with van der Waals surface area (Å²) in [6.07, 6.45) is 0.215. The highest BCUT2D eigenvalue weighted by Crippen LogP contribution is 2.26. The Morgan fingerprint density at radius 3 is 2.94 bits per heavy atom. The number of esters is 1. The van der Waals surface area contributed by atoms with Gasteiger partial charge in [-0.05, 0) is 37.1 Å². The minimum Gasteiger partial charge on any atom is -0.464 e. The Balaban J connectivity index is 2.45. The third-order valence-electron chi connectivity index (χ3n) is 2.80. The smallest absolute Gasteiger partial charge is 0.339 e. The zero-order chi connectivity index (χ0) is 13.3. The lowest BCUT2D eigenvalue weighted by molar-refractivity contribution is -0.153. The first kappa shape index (κ1) is 12.6. The van der Waals surface area contributed by atoms with Crippen molar-refractivity contribution < 1.29 is 19.0 Å². The van der Waals surface area contributed by atoms with Crippen LogP contribution in [-0.4, -0.2) is 22.7 Å². The maximum atomic E-state index is 13.8. The van der Waals surface area contributed by atoms with Gasteiger partial charge in [-0.2, -0.15) is 0 Å². The number of rotatable bonds is 3. The van der Waals surface area contributed by atoms with Crippen LogP contribution in [0.3, 0.4) is 0 Å². The monoisotopic (exact) mass is 251 g/mol. The van der Waals surface area contributed by atoms with E-state index in [0.29, 0.717) is 10.9 Å². The van der Waals surface area contributed by atoms with Crippen LogP contribution in [0.15, 0.2) is 18.3 Å². The number of aliphatic hydroxyl groups is 1. The fourth-order valence-electron chi connectivity index (χ4n) is 1.86. The van der Waals surface area contributed by atoms with E-state index in [1.807, 2.05) is 6.92 Å². The molecule has 0 aliphatic carbocycles. The van der Waals surface area contributed by atoms with E-state index in [9.17, 15) is 14.3 Å². The summed E-state index contributed by atoms with van der Waals surface area (Å²) in [6.45, 7) is 3.63. The van der Waals surface area contributed by atoms with Gasteiger partial charge in [0.15, 0.2) is 6.10 Å². The molecule has 5 heteroatoms. The van der Waals surface area contributed by atoms with Gasteiger partial charge in [0, 0.05) is 11.6 Å². The molecule has 2 aromatic rings. The van der Waals surface area contributed by atoms with Crippen molar-refractivity contribution in [3.05, 3.63) is 35.3 Å². The maximum absolute atomic E-state index is 13.8. The van der Waals surface area contributed by atoms with Crippen molar-refractivity contribution in [2.24, 2.45) is 0 Å². The average molecular weight is 251 g/mol. The second-order valence-electron chi connectivity index (χ2n) is 4.05. The third kappa shape index (κ3) is 2.09. The molecule has 0 bridgehead atoms. The summed E-state index contributed by atoms with van der Waals surface area (Å²) in [5, 5.41) is 10.4. The Morgan fingerprint density at radius 1 is 1.56 bits per heavy atom. The highest BCUT2D eigenvalue weighted by atomic mass is 19.1. The zero-order valence-corrected chi connectivity index (χ0v) is 10.2. The average Bonchev–Trinajstić information content (AvgIpc) is 2.71. The van der Waals surface area contributed by atoms with Crippen molar-refractivity contribution in [2.45, 2.75) is 20.0 Å². The Kier molecular flexibility index (Phi) is 3.34. The van der Waals surface area contributed by atoms with Gasteiger partial charge in [-0.15, -0.1) is 0 Å². The Hall–Kier alpha value is -1.88. The predicted octanol–water partition coefficient (Wildman–Crippen LogP) is 2.21. The van der Waals surface area contributed by atoms with Crippen molar-refractivity contribution in [3.8, 4) is 0 Å². The fourth-order valence-corrected chi connectivity index (χ4v) is 1.86. The molecule has 1 unspecified atom stereocenters. The number of aliphatic hydroxyl groups excluding tert-OH is 1. The Morgan fingerprint density at radius 2 is 2.28 bits per heavy atom. The van der Waals surface area contributed by atoms with Crippen LogP contribution in [-0.2, 0) is 9.53 Å². The summed E-state index contributed by atoms with van der Waals surface area (Å²) >= 11 is 0. The number of hydrogen-bond donors (Lipinski definition) is 2. The largest absolute Gasteiger partial charge is 0.464 e. The zero-order valence-electron chi connectivity index (χ0n) is 10.2. The summed E-state index contributed by atoms with van der Waals surface area (Å²) in [6, 6.07) is 2.73. The van der Waals surface area contributed by atoms with Gasteiger partial charge in [0.2, 0.25) is 0 Å².